The summed E-state index contributed by atoms with van der Waals surface area (Å²) in [4.78, 5) is 13.3. The molecule has 0 aliphatic carbocycles. The molecule has 8 N–H and O–H groups in total. The molecular weight excluding hydrogens is 604 g/mol. The van der Waals surface area contributed by atoms with Crippen LogP contribution in [0.4, 0.5) is 0 Å². The van der Waals surface area contributed by atoms with Crippen LogP contribution in [0, 0.1) is 0 Å². The van der Waals surface area contributed by atoms with Crippen molar-refractivity contribution >= 4 is 11.0 Å². The molecule has 0 radical (unpaired) electrons. The SMILES string of the molecule is COc1cc(O)c2c(=O)c(OC)c(-c3ccc(O)c(O[C@@H]4O[C@H](CO)[C@@H](O)[C@H](O)[C@H]4O[C@@H]4O[C@@H](C)[C@H](O)[C@@H](O)[C@H]4O)c3)oc2c1. The lowest BCUT2D eigenvalue weighted by atomic mass is 9.97. The lowest BCUT2D eigenvalue weighted by molar-refractivity contribution is -0.354. The van der Waals surface area contributed by atoms with Gasteiger partial charge in [0.15, 0.2) is 29.7 Å². The molecule has 16 heteroatoms. The summed E-state index contributed by atoms with van der Waals surface area (Å²) in [6.07, 6.45) is -15.7. The molecule has 2 fully saturated rings. The molecule has 45 heavy (non-hydrogen) atoms. The Hall–Kier alpha value is -3.71. The molecule has 2 saturated heterocycles. The maximum Gasteiger partial charge on any atom is 0.239 e. The number of ether oxygens (including phenoxy) is 6. The number of methoxy groups -OCH3 is 2. The van der Waals surface area contributed by atoms with E-state index in [1.54, 1.807) is 0 Å². The van der Waals surface area contributed by atoms with Crippen LogP contribution in [0.5, 0.6) is 28.7 Å². The van der Waals surface area contributed by atoms with Gasteiger partial charge in [0, 0.05) is 17.7 Å². The third-order valence-corrected chi connectivity index (χ3v) is 7.74. The minimum absolute atomic E-state index is 0.0391. The predicted octanol–water partition coefficient (Wildman–Crippen LogP) is -1.08. The van der Waals surface area contributed by atoms with Crippen LogP contribution in [0.3, 0.4) is 0 Å². The van der Waals surface area contributed by atoms with Crippen molar-refractivity contribution in [1.82, 2.24) is 0 Å². The lowest BCUT2D eigenvalue weighted by Crippen LogP contribution is -2.64. The number of rotatable bonds is 8. The van der Waals surface area contributed by atoms with Crippen molar-refractivity contribution in [2.24, 2.45) is 0 Å². The second kappa shape index (κ2) is 13.0. The molecule has 0 bridgehead atoms. The third-order valence-electron chi connectivity index (χ3n) is 7.74. The molecule has 0 unspecified atom stereocenters. The van der Waals surface area contributed by atoms with E-state index >= 15 is 0 Å². The summed E-state index contributed by atoms with van der Waals surface area (Å²) >= 11 is 0. The number of hydrogen-bond acceptors (Lipinski definition) is 16. The highest BCUT2D eigenvalue weighted by Gasteiger charge is 2.51. The Morgan fingerprint density at radius 2 is 1.56 bits per heavy atom. The van der Waals surface area contributed by atoms with E-state index in [-0.39, 0.29) is 39.5 Å². The van der Waals surface area contributed by atoms with Crippen LogP contribution < -0.4 is 19.6 Å². The molecule has 2 aliphatic heterocycles. The Labute approximate surface area is 254 Å². The smallest absolute Gasteiger partial charge is 0.239 e. The van der Waals surface area contributed by atoms with E-state index in [2.05, 4.69) is 0 Å². The first-order valence-corrected chi connectivity index (χ1v) is 13.8. The van der Waals surface area contributed by atoms with Crippen molar-refractivity contribution in [2.75, 3.05) is 20.8 Å². The fraction of sp³-hybridized carbons (Fsp3) is 0.483. The summed E-state index contributed by atoms with van der Waals surface area (Å²) in [5, 5.41) is 82.7. The van der Waals surface area contributed by atoms with Crippen LogP contribution in [-0.2, 0) is 14.2 Å². The molecule has 3 heterocycles. The predicted molar refractivity (Wildman–Crippen MR) is 150 cm³/mol. The number of fused-ring (bicyclic) bond motifs is 1. The topological polar surface area (TPSA) is 247 Å². The summed E-state index contributed by atoms with van der Waals surface area (Å²) in [7, 11) is 2.58. The van der Waals surface area contributed by atoms with Gasteiger partial charge in [0.2, 0.25) is 17.5 Å². The van der Waals surface area contributed by atoms with E-state index in [0.717, 1.165) is 0 Å². The van der Waals surface area contributed by atoms with Crippen molar-refractivity contribution in [2.45, 2.75) is 68.3 Å². The molecule has 16 nitrogen and oxygen atoms in total. The second-order valence-corrected chi connectivity index (χ2v) is 10.6. The number of hydrogen-bond donors (Lipinski definition) is 8. The van der Waals surface area contributed by atoms with Gasteiger partial charge in [0.25, 0.3) is 0 Å². The Morgan fingerprint density at radius 1 is 0.822 bits per heavy atom. The number of benzene rings is 2. The molecule has 3 aromatic rings. The highest BCUT2D eigenvalue weighted by atomic mass is 16.8. The summed E-state index contributed by atoms with van der Waals surface area (Å²) < 4.78 is 39.0. The van der Waals surface area contributed by atoms with Crippen molar-refractivity contribution in [3.8, 4) is 40.1 Å². The van der Waals surface area contributed by atoms with Gasteiger partial charge >= 0.3 is 0 Å². The van der Waals surface area contributed by atoms with Gasteiger partial charge in [-0.25, -0.2) is 0 Å². The molecule has 2 aliphatic rings. The van der Waals surface area contributed by atoms with E-state index in [0.29, 0.717) is 0 Å². The van der Waals surface area contributed by atoms with E-state index in [4.69, 9.17) is 32.8 Å². The number of aromatic hydroxyl groups is 2. The van der Waals surface area contributed by atoms with Gasteiger partial charge in [0.1, 0.15) is 59.1 Å². The van der Waals surface area contributed by atoms with Crippen LogP contribution in [0.1, 0.15) is 6.92 Å². The van der Waals surface area contributed by atoms with E-state index in [1.165, 1.54) is 51.5 Å². The summed E-state index contributed by atoms with van der Waals surface area (Å²) in [5.41, 5.74) is -0.600. The molecule has 246 valence electrons. The zero-order valence-corrected chi connectivity index (χ0v) is 24.2. The first kappa shape index (κ1) is 32.7. The molecule has 5 rings (SSSR count). The van der Waals surface area contributed by atoms with Crippen molar-refractivity contribution < 1.29 is 73.7 Å². The molecular formula is C29H34O16. The number of phenols is 2. The molecule has 1 aromatic heterocycles. The normalized spacial score (nSPS) is 31.9. The van der Waals surface area contributed by atoms with Gasteiger partial charge in [-0.15, -0.1) is 0 Å². The molecule has 0 amide bonds. The van der Waals surface area contributed by atoms with Crippen LogP contribution in [0.2, 0.25) is 0 Å². The zero-order valence-electron chi connectivity index (χ0n) is 24.2. The Balaban J connectivity index is 1.52. The van der Waals surface area contributed by atoms with Gasteiger partial charge in [-0.1, -0.05) is 0 Å². The third kappa shape index (κ3) is 5.99. The highest BCUT2D eigenvalue weighted by molar-refractivity contribution is 5.88. The van der Waals surface area contributed by atoms with Crippen LogP contribution >= 0.6 is 0 Å². The van der Waals surface area contributed by atoms with Gasteiger partial charge in [0.05, 0.1) is 26.9 Å². The zero-order chi connectivity index (χ0) is 32.7. The van der Waals surface area contributed by atoms with Gasteiger partial charge in [-0.2, -0.15) is 0 Å². The second-order valence-electron chi connectivity index (χ2n) is 10.6. The largest absolute Gasteiger partial charge is 0.507 e. The van der Waals surface area contributed by atoms with Crippen LogP contribution in [-0.4, -0.2) is 123 Å². The van der Waals surface area contributed by atoms with Crippen molar-refractivity contribution in [3.05, 3.63) is 40.6 Å². The Kier molecular flexibility index (Phi) is 9.41. The van der Waals surface area contributed by atoms with Crippen molar-refractivity contribution in [1.29, 1.82) is 0 Å². The van der Waals surface area contributed by atoms with Crippen LogP contribution in [0.25, 0.3) is 22.3 Å². The maximum atomic E-state index is 13.3. The molecule has 0 saturated carbocycles. The fourth-order valence-corrected chi connectivity index (χ4v) is 5.20. The minimum Gasteiger partial charge on any atom is -0.507 e. The lowest BCUT2D eigenvalue weighted by Gasteiger charge is -2.45. The van der Waals surface area contributed by atoms with Gasteiger partial charge in [-0.05, 0) is 25.1 Å². The average Bonchev–Trinajstić information content (AvgIpc) is 3.02. The number of phenolic OH excluding ortho intramolecular Hbond substituents is 2. The first-order chi connectivity index (χ1) is 21.4. The van der Waals surface area contributed by atoms with Crippen LogP contribution in [0.15, 0.2) is 39.5 Å². The average molecular weight is 639 g/mol. The molecule has 10 atom stereocenters. The van der Waals surface area contributed by atoms with E-state index in [9.17, 15) is 45.6 Å². The highest BCUT2D eigenvalue weighted by Crippen LogP contribution is 2.40. The number of aliphatic hydroxyl groups excluding tert-OH is 6. The first-order valence-electron chi connectivity index (χ1n) is 13.8. The van der Waals surface area contributed by atoms with E-state index in [1.807, 2.05) is 0 Å². The molecule has 0 spiro atoms. The molecule has 2 aromatic carbocycles. The quantitative estimate of drug-likeness (QED) is 0.146. The minimum atomic E-state index is -1.80. The monoisotopic (exact) mass is 638 g/mol. The van der Waals surface area contributed by atoms with Gasteiger partial charge in [-0.3, -0.25) is 4.79 Å². The summed E-state index contributed by atoms with van der Waals surface area (Å²) in [6, 6.07) is 6.43. The standard InChI is InChI=1S/C29H34O16/c1-10-19(33)22(36)24(38)28(41-10)45-27-23(37)20(34)17(9-30)44-29(27)43-15-6-11(4-5-13(15)31)25-26(40-3)21(35)18-14(32)7-12(39-2)8-16(18)42-25/h4-8,10,17,19-20,22-24,27-34,36-38H,9H2,1-3H3/t10-,17+,19-,20+,22+,23-,24+,27+,28-,29+/m0/s1. The summed E-state index contributed by atoms with van der Waals surface area (Å²) in [5.74, 6) is -1.36. The Bertz CT molecular complexity index is 1570. The Morgan fingerprint density at radius 3 is 2.22 bits per heavy atom. The van der Waals surface area contributed by atoms with Gasteiger partial charge < -0.3 is 73.7 Å². The number of aliphatic hydroxyl groups is 6. The maximum absolute atomic E-state index is 13.3. The van der Waals surface area contributed by atoms with Crippen molar-refractivity contribution in [3.63, 3.8) is 0 Å². The summed E-state index contributed by atoms with van der Waals surface area (Å²) in [6.45, 7) is 0.659. The fourth-order valence-electron chi connectivity index (χ4n) is 5.20. The van der Waals surface area contributed by atoms with E-state index < -0.39 is 84.9 Å².